The van der Waals surface area contributed by atoms with Crippen molar-refractivity contribution in [1.82, 2.24) is 19.2 Å². The van der Waals surface area contributed by atoms with Gasteiger partial charge in [-0.15, -0.1) is 0 Å². The van der Waals surface area contributed by atoms with Crippen molar-refractivity contribution < 1.29 is 17.9 Å². The minimum absolute atomic E-state index is 0.238. The number of para-hydroxylation sites is 1. The summed E-state index contributed by atoms with van der Waals surface area (Å²) in [6.45, 7) is 3.05. The third-order valence-electron chi connectivity index (χ3n) is 6.88. The van der Waals surface area contributed by atoms with Crippen LogP contribution in [0.1, 0.15) is 31.5 Å². The lowest BCUT2D eigenvalue weighted by Crippen LogP contribution is -2.49. The van der Waals surface area contributed by atoms with Gasteiger partial charge in [-0.1, -0.05) is 12.1 Å². The van der Waals surface area contributed by atoms with Gasteiger partial charge >= 0.3 is 0 Å². The van der Waals surface area contributed by atoms with Gasteiger partial charge < -0.3 is 14.4 Å². The molecule has 3 aromatic rings. The molecule has 2 heterocycles. The van der Waals surface area contributed by atoms with E-state index in [2.05, 4.69) is 4.90 Å². The minimum atomic E-state index is -3.51. The molecule has 0 amide bonds. The van der Waals surface area contributed by atoms with E-state index in [-0.39, 0.29) is 6.10 Å². The fourth-order valence-corrected chi connectivity index (χ4v) is 6.23. The van der Waals surface area contributed by atoms with Crippen LogP contribution < -0.4 is 9.47 Å². The second-order valence-corrected chi connectivity index (χ2v) is 11.1. The van der Waals surface area contributed by atoms with Crippen LogP contribution in [0.2, 0.25) is 0 Å². The van der Waals surface area contributed by atoms with E-state index in [0.29, 0.717) is 49.1 Å². The van der Waals surface area contributed by atoms with E-state index in [1.165, 1.54) is 12.8 Å². The predicted molar refractivity (Wildman–Crippen MR) is 134 cm³/mol. The van der Waals surface area contributed by atoms with Gasteiger partial charge in [0, 0.05) is 39.1 Å². The standard InChI is InChI=1S/C26H32N4O4S/c1-33-20-10-12-22(13-11-20)35(31,32)30-18-16-29(17-19-30)15-14-25-27-24-9-5-4-8-23(24)26(28-25)34-21-6-2-3-7-21/h4-5,8-13,21H,2-3,6-7,14-19H2,1H3. The highest BCUT2D eigenvalue weighted by molar-refractivity contribution is 7.89. The number of methoxy groups -OCH3 is 1. The first-order valence-corrected chi connectivity index (χ1v) is 13.8. The fraction of sp³-hybridized carbons (Fsp3) is 0.462. The second kappa shape index (κ2) is 10.5. The number of fused-ring (bicyclic) bond motifs is 1. The molecule has 0 radical (unpaired) electrons. The molecule has 2 aromatic carbocycles. The van der Waals surface area contributed by atoms with Crippen molar-refractivity contribution in [3.05, 3.63) is 54.4 Å². The Morgan fingerprint density at radius 1 is 0.943 bits per heavy atom. The van der Waals surface area contributed by atoms with Crippen molar-refractivity contribution in [2.24, 2.45) is 0 Å². The number of aromatic nitrogens is 2. The fourth-order valence-electron chi connectivity index (χ4n) is 4.81. The highest BCUT2D eigenvalue weighted by Gasteiger charge is 2.28. The highest BCUT2D eigenvalue weighted by atomic mass is 32.2. The van der Waals surface area contributed by atoms with Crippen LogP contribution in [0, 0.1) is 0 Å². The summed E-state index contributed by atoms with van der Waals surface area (Å²) in [7, 11) is -1.94. The lowest BCUT2D eigenvalue weighted by molar-refractivity contribution is 0.188. The molecule has 0 atom stereocenters. The summed E-state index contributed by atoms with van der Waals surface area (Å²) in [5.41, 5.74) is 0.904. The number of rotatable bonds is 8. The first-order chi connectivity index (χ1) is 17.0. The Morgan fingerprint density at radius 2 is 1.66 bits per heavy atom. The van der Waals surface area contributed by atoms with Crippen molar-refractivity contribution in [3.63, 3.8) is 0 Å². The van der Waals surface area contributed by atoms with Gasteiger partial charge in [-0.3, -0.25) is 0 Å². The van der Waals surface area contributed by atoms with Crippen molar-refractivity contribution in [2.75, 3.05) is 39.8 Å². The summed E-state index contributed by atoms with van der Waals surface area (Å²) in [4.78, 5) is 12.1. The largest absolute Gasteiger partial charge is 0.497 e. The average molecular weight is 497 g/mol. The highest BCUT2D eigenvalue weighted by Crippen LogP contribution is 2.28. The molecule has 1 saturated carbocycles. The molecule has 1 saturated heterocycles. The number of hydrogen-bond acceptors (Lipinski definition) is 7. The maximum absolute atomic E-state index is 13.0. The molecule has 0 unspecified atom stereocenters. The monoisotopic (exact) mass is 496 g/mol. The van der Waals surface area contributed by atoms with Gasteiger partial charge in [0.1, 0.15) is 17.7 Å². The molecule has 0 N–H and O–H groups in total. The smallest absolute Gasteiger partial charge is 0.243 e. The van der Waals surface area contributed by atoms with E-state index in [1.54, 1.807) is 35.7 Å². The maximum atomic E-state index is 13.0. The van der Waals surface area contributed by atoms with Gasteiger partial charge in [0.15, 0.2) is 0 Å². The summed E-state index contributed by atoms with van der Waals surface area (Å²) in [6, 6.07) is 14.6. The molecule has 9 heteroatoms. The second-order valence-electron chi connectivity index (χ2n) is 9.16. The number of hydrogen-bond donors (Lipinski definition) is 0. The van der Waals surface area contributed by atoms with Crippen LogP contribution in [-0.2, 0) is 16.4 Å². The number of sulfonamides is 1. The number of ether oxygens (including phenoxy) is 2. The van der Waals surface area contributed by atoms with E-state index in [4.69, 9.17) is 19.4 Å². The number of piperazine rings is 1. The Morgan fingerprint density at radius 3 is 2.37 bits per heavy atom. The van der Waals surface area contributed by atoms with E-state index in [0.717, 1.165) is 36.1 Å². The normalized spacial score (nSPS) is 18.2. The summed E-state index contributed by atoms with van der Waals surface area (Å²) in [5, 5.41) is 0.959. The predicted octanol–water partition coefficient (Wildman–Crippen LogP) is 3.51. The van der Waals surface area contributed by atoms with Gasteiger partial charge in [0.05, 0.1) is 22.9 Å². The molecule has 1 aliphatic heterocycles. The summed E-state index contributed by atoms with van der Waals surface area (Å²) in [5.74, 6) is 2.10. The van der Waals surface area contributed by atoms with Crippen molar-refractivity contribution in [2.45, 2.75) is 43.1 Å². The molecule has 5 rings (SSSR count). The molecule has 2 fully saturated rings. The maximum Gasteiger partial charge on any atom is 0.243 e. The van der Waals surface area contributed by atoms with E-state index < -0.39 is 10.0 Å². The first kappa shape index (κ1) is 24.0. The van der Waals surface area contributed by atoms with Gasteiger partial charge in [-0.25, -0.2) is 13.4 Å². The Labute approximate surface area is 206 Å². The summed E-state index contributed by atoms with van der Waals surface area (Å²) >= 11 is 0. The molecular formula is C26H32N4O4S. The van der Waals surface area contributed by atoms with Crippen LogP contribution in [0.4, 0.5) is 0 Å². The SMILES string of the molecule is COc1ccc(S(=O)(=O)N2CCN(CCc3nc(OC4CCCC4)c4ccccc4n3)CC2)cc1. The molecule has 2 aliphatic rings. The minimum Gasteiger partial charge on any atom is -0.497 e. The van der Waals surface area contributed by atoms with Crippen LogP contribution >= 0.6 is 0 Å². The van der Waals surface area contributed by atoms with Crippen molar-refractivity contribution >= 4 is 20.9 Å². The molecule has 0 bridgehead atoms. The Balaban J connectivity index is 1.21. The van der Waals surface area contributed by atoms with Gasteiger partial charge in [0.2, 0.25) is 15.9 Å². The topological polar surface area (TPSA) is 84.9 Å². The van der Waals surface area contributed by atoms with Gasteiger partial charge in [-0.05, 0) is 62.1 Å². The quantitative estimate of drug-likeness (QED) is 0.472. The molecule has 1 aromatic heterocycles. The molecular weight excluding hydrogens is 464 g/mol. The van der Waals surface area contributed by atoms with Crippen LogP contribution in [0.25, 0.3) is 10.9 Å². The third-order valence-corrected chi connectivity index (χ3v) is 8.79. The van der Waals surface area contributed by atoms with Crippen molar-refractivity contribution in [1.29, 1.82) is 0 Å². The zero-order chi connectivity index (χ0) is 24.3. The zero-order valence-electron chi connectivity index (χ0n) is 20.1. The van der Waals surface area contributed by atoms with Crippen LogP contribution in [-0.4, -0.2) is 73.5 Å². The van der Waals surface area contributed by atoms with Crippen LogP contribution in [0.3, 0.4) is 0 Å². The van der Waals surface area contributed by atoms with Gasteiger partial charge in [-0.2, -0.15) is 9.29 Å². The lowest BCUT2D eigenvalue weighted by Gasteiger charge is -2.33. The Hall–Kier alpha value is -2.75. The summed E-state index contributed by atoms with van der Waals surface area (Å²) in [6.07, 6.45) is 5.51. The number of nitrogens with zero attached hydrogens (tertiary/aromatic N) is 4. The average Bonchev–Trinajstić information content (AvgIpc) is 3.41. The first-order valence-electron chi connectivity index (χ1n) is 12.3. The molecule has 186 valence electrons. The lowest BCUT2D eigenvalue weighted by atomic mass is 10.2. The Bertz CT molecular complexity index is 1250. The number of benzene rings is 2. The van der Waals surface area contributed by atoms with Crippen molar-refractivity contribution in [3.8, 4) is 11.6 Å². The van der Waals surface area contributed by atoms with Crippen LogP contribution in [0.15, 0.2) is 53.4 Å². The molecule has 1 aliphatic carbocycles. The molecule has 8 nitrogen and oxygen atoms in total. The summed E-state index contributed by atoms with van der Waals surface area (Å²) < 4.78 is 39.0. The molecule has 35 heavy (non-hydrogen) atoms. The van der Waals surface area contributed by atoms with E-state index in [9.17, 15) is 8.42 Å². The van der Waals surface area contributed by atoms with E-state index >= 15 is 0 Å². The zero-order valence-corrected chi connectivity index (χ0v) is 20.9. The van der Waals surface area contributed by atoms with Gasteiger partial charge in [0.25, 0.3) is 0 Å². The van der Waals surface area contributed by atoms with Crippen LogP contribution in [0.5, 0.6) is 11.6 Å². The third kappa shape index (κ3) is 5.42. The van der Waals surface area contributed by atoms with E-state index in [1.807, 2.05) is 24.3 Å². The molecule has 0 spiro atoms. The Kier molecular flexibility index (Phi) is 7.17.